The van der Waals surface area contributed by atoms with E-state index >= 15 is 0 Å². The number of carbonyl (C=O) groups excluding carboxylic acids is 1. The fourth-order valence-corrected chi connectivity index (χ4v) is 2.66. The molecular formula is C14H21ClN2O2S. The summed E-state index contributed by atoms with van der Waals surface area (Å²) < 4.78 is 5.64. The number of nitrogens with one attached hydrogen (secondary N) is 2. The summed E-state index contributed by atoms with van der Waals surface area (Å²) in [6, 6.07) is 7.44. The molecule has 1 atom stereocenters. The van der Waals surface area contributed by atoms with Gasteiger partial charge >= 0.3 is 0 Å². The van der Waals surface area contributed by atoms with E-state index in [0.29, 0.717) is 12.5 Å². The highest BCUT2D eigenvalue weighted by Gasteiger charge is 2.22. The molecule has 2 N–H and O–H groups in total. The van der Waals surface area contributed by atoms with Crippen LogP contribution in [-0.2, 0) is 4.79 Å². The molecular weight excluding hydrogens is 296 g/mol. The number of hydrogen-bond acceptors (Lipinski definition) is 4. The Bertz CT molecular complexity index is 437. The molecule has 1 unspecified atom stereocenters. The molecule has 112 valence electrons. The van der Waals surface area contributed by atoms with Crippen LogP contribution in [0.1, 0.15) is 13.8 Å². The lowest BCUT2D eigenvalue weighted by Crippen LogP contribution is -2.37. The first-order valence-electron chi connectivity index (χ1n) is 6.50. The van der Waals surface area contributed by atoms with Crippen LogP contribution in [0.2, 0.25) is 0 Å². The minimum atomic E-state index is -0.0924. The minimum absolute atomic E-state index is 0. The van der Waals surface area contributed by atoms with Gasteiger partial charge in [0.25, 0.3) is 0 Å². The van der Waals surface area contributed by atoms with Gasteiger partial charge in [-0.25, -0.2) is 0 Å². The first-order chi connectivity index (χ1) is 9.15. The van der Waals surface area contributed by atoms with E-state index in [9.17, 15) is 4.79 Å². The van der Waals surface area contributed by atoms with Gasteiger partial charge in [-0.15, -0.1) is 24.2 Å². The molecule has 1 aliphatic rings. The zero-order chi connectivity index (χ0) is 13.7. The van der Waals surface area contributed by atoms with Gasteiger partial charge in [0.15, 0.2) is 0 Å². The van der Waals surface area contributed by atoms with Gasteiger partial charge in [-0.2, -0.15) is 0 Å². The summed E-state index contributed by atoms with van der Waals surface area (Å²) in [4.78, 5) is 12.0. The predicted molar refractivity (Wildman–Crippen MR) is 86.9 cm³/mol. The molecule has 2 rings (SSSR count). The number of benzene rings is 1. The fraction of sp³-hybridized carbons (Fsp3) is 0.500. The van der Waals surface area contributed by atoms with Crippen molar-refractivity contribution in [1.29, 1.82) is 0 Å². The highest BCUT2D eigenvalue weighted by Crippen LogP contribution is 2.19. The van der Waals surface area contributed by atoms with E-state index in [1.165, 1.54) is 0 Å². The van der Waals surface area contributed by atoms with Crippen molar-refractivity contribution in [3.05, 3.63) is 24.3 Å². The Balaban J connectivity index is 0.00000200. The van der Waals surface area contributed by atoms with E-state index < -0.39 is 0 Å². The number of ether oxygens (including phenoxy) is 1. The number of amides is 1. The molecule has 0 spiro atoms. The summed E-state index contributed by atoms with van der Waals surface area (Å²) >= 11 is 1.74. The maximum atomic E-state index is 12.0. The average molecular weight is 317 g/mol. The monoisotopic (exact) mass is 316 g/mol. The highest BCUT2D eigenvalue weighted by molar-refractivity contribution is 7.99. The Labute approximate surface area is 130 Å². The van der Waals surface area contributed by atoms with E-state index in [0.717, 1.165) is 23.1 Å². The van der Waals surface area contributed by atoms with Gasteiger partial charge in [0.1, 0.15) is 5.75 Å². The number of halogens is 1. The van der Waals surface area contributed by atoms with Crippen LogP contribution >= 0.6 is 24.2 Å². The third kappa shape index (κ3) is 5.23. The van der Waals surface area contributed by atoms with Gasteiger partial charge in [0.05, 0.1) is 12.6 Å². The van der Waals surface area contributed by atoms with Gasteiger partial charge in [0.2, 0.25) is 5.91 Å². The molecule has 1 fully saturated rings. The lowest BCUT2D eigenvalue weighted by Gasteiger charge is -2.12. The first kappa shape index (κ1) is 17.1. The molecule has 0 bridgehead atoms. The average Bonchev–Trinajstić information content (AvgIpc) is 2.91. The van der Waals surface area contributed by atoms with Crippen LogP contribution in [0.3, 0.4) is 0 Å². The maximum Gasteiger partial charge on any atom is 0.242 e. The molecule has 1 aromatic carbocycles. The third-order valence-electron chi connectivity index (χ3n) is 2.72. The molecule has 0 aromatic heterocycles. The standard InChI is InChI=1S/C14H20N2O2S.ClH/c1-10(2)7-18-12-5-3-4-11(6-12)16-14(17)13-8-19-9-15-13;/h3-6,10,13,15H,7-9H2,1-2H3,(H,16,17);1H. The van der Waals surface area contributed by atoms with Crippen molar-refractivity contribution in [3.8, 4) is 5.75 Å². The first-order valence-corrected chi connectivity index (χ1v) is 7.65. The zero-order valence-corrected chi connectivity index (χ0v) is 13.4. The van der Waals surface area contributed by atoms with E-state index in [-0.39, 0.29) is 24.4 Å². The molecule has 20 heavy (non-hydrogen) atoms. The Morgan fingerprint density at radius 1 is 1.55 bits per heavy atom. The van der Waals surface area contributed by atoms with Crippen LogP contribution in [0.15, 0.2) is 24.3 Å². The van der Waals surface area contributed by atoms with E-state index in [4.69, 9.17) is 4.74 Å². The van der Waals surface area contributed by atoms with Gasteiger partial charge < -0.3 is 10.1 Å². The molecule has 1 heterocycles. The van der Waals surface area contributed by atoms with E-state index in [1.807, 2.05) is 24.3 Å². The quantitative estimate of drug-likeness (QED) is 0.877. The summed E-state index contributed by atoms with van der Waals surface area (Å²) in [5.74, 6) is 2.97. The van der Waals surface area contributed by atoms with Crippen molar-refractivity contribution in [2.75, 3.05) is 23.6 Å². The normalized spacial score (nSPS) is 17.6. The largest absolute Gasteiger partial charge is 0.493 e. The van der Waals surface area contributed by atoms with Gasteiger partial charge in [-0.3, -0.25) is 10.1 Å². The Hall–Kier alpha value is -0.910. The van der Waals surface area contributed by atoms with Gasteiger partial charge in [-0.05, 0) is 18.1 Å². The summed E-state index contributed by atoms with van der Waals surface area (Å²) in [6.07, 6.45) is 0. The molecule has 6 heteroatoms. The number of rotatable bonds is 5. The SMILES string of the molecule is CC(C)COc1cccc(NC(=O)C2CSCN2)c1.Cl. The number of carbonyl (C=O) groups is 1. The topological polar surface area (TPSA) is 50.4 Å². The highest BCUT2D eigenvalue weighted by atomic mass is 35.5. The molecule has 0 aliphatic carbocycles. The summed E-state index contributed by atoms with van der Waals surface area (Å²) in [7, 11) is 0. The number of thioether (sulfide) groups is 1. The van der Waals surface area contributed by atoms with E-state index in [2.05, 4.69) is 24.5 Å². The summed E-state index contributed by atoms with van der Waals surface area (Å²) in [5, 5.41) is 6.07. The lowest BCUT2D eigenvalue weighted by molar-refractivity contribution is -0.117. The number of hydrogen-bond donors (Lipinski definition) is 2. The van der Waals surface area contributed by atoms with Crippen LogP contribution in [0, 0.1) is 5.92 Å². The minimum Gasteiger partial charge on any atom is -0.493 e. The van der Waals surface area contributed by atoms with E-state index in [1.54, 1.807) is 11.8 Å². The van der Waals surface area contributed by atoms with Crippen molar-refractivity contribution in [2.45, 2.75) is 19.9 Å². The second kappa shape index (κ2) is 8.39. The van der Waals surface area contributed by atoms with Crippen LogP contribution in [-0.4, -0.2) is 30.2 Å². The van der Waals surface area contributed by atoms with Crippen molar-refractivity contribution in [3.63, 3.8) is 0 Å². The summed E-state index contributed by atoms with van der Waals surface area (Å²) in [5.41, 5.74) is 0.782. The Morgan fingerprint density at radius 2 is 2.35 bits per heavy atom. The third-order valence-corrected chi connectivity index (χ3v) is 3.66. The van der Waals surface area contributed by atoms with Crippen LogP contribution in [0.5, 0.6) is 5.75 Å². The zero-order valence-electron chi connectivity index (χ0n) is 11.7. The second-order valence-corrected chi connectivity index (χ2v) is 6.02. The molecule has 0 saturated carbocycles. The van der Waals surface area contributed by atoms with Gasteiger partial charge in [0, 0.05) is 23.4 Å². The van der Waals surface area contributed by atoms with Crippen molar-refractivity contribution in [1.82, 2.24) is 5.32 Å². The molecule has 0 radical (unpaired) electrons. The Kier molecular flexibility index (Phi) is 7.19. The Morgan fingerprint density at radius 3 is 3.00 bits per heavy atom. The second-order valence-electron chi connectivity index (χ2n) is 4.99. The molecule has 1 amide bonds. The van der Waals surface area contributed by atoms with Gasteiger partial charge in [-0.1, -0.05) is 19.9 Å². The summed E-state index contributed by atoms with van der Waals surface area (Å²) in [6.45, 7) is 4.89. The molecule has 4 nitrogen and oxygen atoms in total. The maximum absolute atomic E-state index is 12.0. The molecule has 1 aromatic rings. The fourth-order valence-electron chi connectivity index (χ4n) is 1.72. The predicted octanol–water partition coefficient (Wildman–Crippen LogP) is 2.74. The molecule has 1 saturated heterocycles. The van der Waals surface area contributed by atoms with Crippen LogP contribution in [0.25, 0.3) is 0 Å². The smallest absolute Gasteiger partial charge is 0.242 e. The van der Waals surface area contributed by atoms with Crippen molar-refractivity contribution >= 4 is 35.8 Å². The van der Waals surface area contributed by atoms with Crippen molar-refractivity contribution < 1.29 is 9.53 Å². The lowest BCUT2D eigenvalue weighted by atomic mass is 10.2. The van der Waals surface area contributed by atoms with Crippen LogP contribution in [0.4, 0.5) is 5.69 Å². The van der Waals surface area contributed by atoms with Crippen molar-refractivity contribution in [2.24, 2.45) is 5.92 Å². The number of anilines is 1. The molecule has 1 aliphatic heterocycles. The van der Waals surface area contributed by atoms with Crippen LogP contribution < -0.4 is 15.4 Å².